The van der Waals surface area contributed by atoms with Crippen molar-refractivity contribution in [2.75, 3.05) is 0 Å². The summed E-state index contributed by atoms with van der Waals surface area (Å²) < 4.78 is 7.11. The van der Waals surface area contributed by atoms with E-state index >= 15 is 0 Å². The highest BCUT2D eigenvalue weighted by Gasteiger charge is 2.60. The molecule has 6 rings (SSSR count). The monoisotopic (exact) mass is 405 g/mol. The number of esters is 1. The predicted octanol–water partition coefficient (Wildman–Crippen LogP) is 5.07. The smallest absolute Gasteiger partial charge is 0.312 e. The number of hydrogen-bond donors (Lipinski definition) is 0. The summed E-state index contributed by atoms with van der Waals surface area (Å²) in [4.78, 5) is 17.5. The number of alkyl halides is 1. The number of ether oxygens (including phenoxy) is 1. The summed E-state index contributed by atoms with van der Waals surface area (Å²) in [6.07, 6.45) is 6.77. The number of carbonyl (C=O) groups excluding carboxylic acids is 1. The number of aromatic nitrogens is 1. The summed E-state index contributed by atoms with van der Waals surface area (Å²) in [6.45, 7) is 0.310. The van der Waals surface area contributed by atoms with Crippen molar-refractivity contribution in [1.29, 1.82) is 0 Å². The third kappa shape index (κ3) is 2.43. The van der Waals surface area contributed by atoms with E-state index in [1.54, 1.807) is 11.3 Å². The van der Waals surface area contributed by atoms with E-state index in [1.807, 2.05) is 18.2 Å². The van der Waals surface area contributed by atoms with Crippen molar-refractivity contribution in [2.24, 2.45) is 17.3 Å². The molecular formula is C19H20BrNO2S. The van der Waals surface area contributed by atoms with Crippen molar-refractivity contribution >= 4 is 43.5 Å². The highest BCUT2D eigenvalue weighted by molar-refractivity contribution is 9.10. The second-order valence-electron chi connectivity index (χ2n) is 8.04. The summed E-state index contributed by atoms with van der Waals surface area (Å²) in [5.74, 6) is 1.40. The third-order valence-electron chi connectivity index (χ3n) is 6.09. The van der Waals surface area contributed by atoms with Crippen molar-refractivity contribution in [3.63, 3.8) is 0 Å². The first kappa shape index (κ1) is 15.3. The van der Waals surface area contributed by atoms with E-state index < -0.39 is 0 Å². The van der Waals surface area contributed by atoms with Crippen LogP contribution in [-0.2, 0) is 16.1 Å². The number of rotatable bonds is 3. The van der Waals surface area contributed by atoms with Gasteiger partial charge in [0.2, 0.25) is 0 Å². The maximum atomic E-state index is 13.0. The molecule has 2 aromatic rings. The van der Waals surface area contributed by atoms with Gasteiger partial charge in [0.05, 0.1) is 15.6 Å². The number of fused-ring (bicyclic) bond motifs is 1. The molecule has 4 aliphatic carbocycles. The van der Waals surface area contributed by atoms with Crippen LogP contribution in [0.25, 0.3) is 10.2 Å². The maximum Gasteiger partial charge on any atom is 0.312 e. The van der Waals surface area contributed by atoms with Crippen LogP contribution in [0.3, 0.4) is 0 Å². The largest absolute Gasteiger partial charge is 0.458 e. The van der Waals surface area contributed by atoms with Crippen LogP contribution in [0.5, 0.6) is 0 Å². The molecule has 0 spiro atoms. The van der Waals surface area contributed by atoms with Gasteiger partial charge in [-0.1, -0.05) is 28.1 Å². The van der Waals surface area contributed by atoms with Gasteiger partial charge in [0.15, 0.2) is 0 Å². The van der Waals surface area contributed by atoms with Crippen LogP contribution in [0, 0.1) is 17.3 Å². The SMILES string of the molecule is O=C(OCc1nc2ccccc2s1)C12C[C@@H]3C[C@@H](CC(Br)(C3)C1)C2. The van der Waals surface area contributed by atoms with Crippen LogP contribution in [0.2, 0.25) is 0 Å². The molecule has 0 saturated heterocycles. The minimum Gasteiger partial charge on any atom is -0.458 e. The molecule has 0 N–H and O–H groups in total. The molecule has 4 bridgehead atoms. The Kier molecular flexibility index (Phi) is 3.37. The number of para-hydroxylation sites is 1. The summed E-state index contributed by atoms with van der Waals surface area (Å²) in [5.41, 5.74) is 0.743. The summed E-state index contributed by atoms with van der Waals surface area (Å²) in [5, 5.41) is 0.892. The molecule has 1 aromatic carbocycles. The standard InChI is InChI=1S/C19H20BrNO2S/c20-19-8-12-5-13(9-19)7-18(6-12,11-19)17(22)23-10-16-21-14-3-1-2-4-15(14)24-16/h1-4,12-13H,5-11H2/t12-,13+,18?,19?. The lowest BCUT2D eigenvalue weighted by Crippen LogP contribution is -2.56. The first-order valence-electron chi connectivity index (χ1n) is 8.74. The number of benzene rings is 1. The van der Waals surface area contributed by atoms with Gasteiger partial charge in [-0.15, -0.1) is 11.3 Å². The van der Waals surface area contributed by atoms with Crippen LogP contribution in [0.4, 0.5) is 0 Å². The fraction of sp³-hybridized carbons (Fsp3) is 0.579. The molecule has 0 amide bonds. The summed E-state index contributed by atoms with van der Waals surface area (Å²) in [6, 6.07) is 8.07. The number of carbonyl (C=O) groups is 1. The Morgan fingerprint density at radius 2 is 2.00 bits per heavy atom. The zero-order valence-electron chi connectivity index (χ0n) is 13.5. The van der Waals surface area contributed by atoms with Gasteiger partial charge in [0, 0.05) is 4.32 Å². The van der Waals surface area contributed by atoms with Gasteiger partial charge in [-0.05, 0) is 62.5 Å². The Balaban J connectivity index is 1.33. The predicted molar refractivity (Wildman–Crippen MR) is 98.2 cm³/mol. The number of hydrogen-bond acceptors (Lipinski definition) is 4. The first-order valence-corrected chi connectivity index (χ1v) is 10.4. The van der Waals surface area contributed by atoms with Crippen molar-refractivity contribution in [2.45, 2.75) is 49.5 Å². The van der Waals surface area contributed by atoms with Crippen molar-refractivity contribution < 1.29 is 9.53 Å². The molecule has 3 nitrogen and oxygen atoms in total. The zero-order valence-corrected chi connectivity index (χ0v) is 15.9. The van der Waals surface area contributed by atoms with Gasteiger partial charge in [0.25, 0.3) is 0 Å². The van der Waals surface area contributed by atoms with E-state index in [9.17, 15) is 4.79 Å². The van der Waals surface area contributed by atoms with E-state index in [0.717, 1.165) is 34.5 Å². The second kappa shape index (κ2) is 5.28. The fourth-order valence-electron chi connectivity index (χ4n) is 5.65. The highest BCUT2D eigenvalue weighted by atomic mass is 79.9. The average molecular weight is 406 g/mol. The molecule has 126 valence electrons. The average Bonchev–Trinajstić information content (AvgIpc) is 2.93. The number of nitrogens with zero attached hydrogens (tertiary/aromatic N) is 1. The number of thiazole rings is 1. The zero-order chi connectivity index (χ0) is 16.4. The van der Waals surface area contributed by atoms with E-state index in [2.05, 4.69) is 27.0 Å². The van der Waals surface area contributed by atoms with Crippen molar-refractivity contribution in [3.05, 3.63) is 29.3 Å². The Morgan fingerprint density at radius 3 is 2.71 bits per heavy atom. The fourth-order valence-corrected chi connectivity index (χ4v) is 7.98. The number of halogens is 1. The lowest BCUT2D eigenvalue weighted by atomic mass is 9.49. The van der Waals surface area contributed by atoms with Crippen LogP contribution < -0.4 is 0 Å². The molecule has 0 aliphatic heterocycles. The van der Waals surface area contributed by atoms with Crippen LogP contribution in [0.1, 0.15) is 43.5 Å². The first-order chi connectivity index (χ1) is 11.5. The lowest BCUT2D eigenvalue weighted by Gasteiger charge is -2.58. The molecular weight excluding hydrogens is 386 g/mol. The Morgan fingerprint density at radius 1 is 1.25 bits per heavy atom. The molecule has 1 aromatic heterocycles. The minimum absolute atomic E-state index is 0.0136. The molecule has 4 aliphatic rings. The lowest BCUT2D eigenvalue weighted by molar-refractivity contribution is -0.170. The maximum absolute atomic E-state index is 13.0. The van der Waals surface area contributed by atoms with Gasteiger partial charge in [-0.25, -0.2) is 4.98 Å². The third-order valence-corrected chi connectivity index (χ3v) is 8.03. The van der Waals surface area contributed by atoms with E-state index in [1.165, 1.54) is 19.3 Å². The van der Waals surface area contributed by atoms with E-state index in [0.29, 0.717) is 18.4 Å². The van der Waals surface area contributed by atoms with E-state index in [4.69, 9.17) is 4.74 Å². The normalized spacial score (nSPS) is 37.0. The highest BCUT2D eigenvalue weighted by Crippen LogP contribution is 2.64. The molecule has 4 saturated carbocycles. The molecule has 24 heavy (non-hydrogen) atoms. The van der Waals surface area contributed by atoms with Crippen LogP contribution in [-0.4, -0.2) is 15.3 Å². The van der Waals surface area contributed by atoms with Gasteiger partial charge in [-0.2, -0.15) is 0 Å². The second-order valence-corrected chi connectivity index (χ2v) is 10.8. The molecule has 2 unspecified atom stereocenters. The molecule has 4 fully saturated rings. The minimum atomic E-state index is -0.246. The topological polar surface area (TPSA) is 39.2 Å². The Hall–Kier alpha value is -0.940. The van der Waals surface area contributed by atoms with Gasteiger partial charge in [-0.3, -0.25) is 4.79 Å². The van der Waals surface area contributed by atoms with Crippen LogP contribution >= 0.6 is 27.3 Å². The van der Waals surface area contributed by atoms with Gasteiger partial charge in [0.1, 0.15) is 11.6 Å². The van der Waals surface area contributed by atoms with Crippen molar-refractivity contribution in [1.82, 2.24) is 4.98 Å². The quantitative estimate of drug-likeness (QED) is 0.528. The van der Waals surface area contributed by atoms with E-state index in [-0.39, 0.29) is 15.7 Å². The van der Waals surface area contributed by atoms with Crippen LogP contribution in [0.15, 0.2) is 24.3 Å². The molecule has 0 radical (unpaired) electrons. The molecule has 1 heterocycles. The Labute approximate surface area is 153 Å². The Bertz CT molecular complexity index is 770. The summed E-state index contributed by atoms with van der Waals surface area (Å²) >= 11 is 5.58. The van der Waals surface area contributed by atoms with Crippen molar-refractivity contribution in [3.8, 4) is 0 Å². The molecule has 4 atom stereocenters. The molecule has 5 heteroatoms. The summed E-state index contributed by atoms with van der Waals surface area (Å²) in [7, 11) is 0. The van der Waals surface area contributed by atoms with Gasteiger partial charge < -0.3 is 4.74 Å². The van der Waals surface area contributed by atoms with Gasteiger partial charge >= 0.3 is 5.97 Å².